The van der Waals surface area contributed by atoms with E-state index >= 15 is 0 Å². The number of carbonyl (C=O) groups is 1. The summed E-state index contributed by atoms with van der Waals surface area (Å²) in [6, 6.07) is 3.84. The van der Waals surface area contributed by atoms with Crippen LogP contribution in [0.4, 0.5) is 10.5 Å². The highest BCUT2D eigenvalue weighted by Gasteiger charge is 2.27. The molecular weight excluding hydrogens is 332 g/mol. The largest absolute Gasteiger partial charge is 0.506 e. The fourth-order valence-electron chi connectivity index (χ4n) is 2.44. The topological polar surface area (TPSA) is 95.9 Å². The number of rotatable bonds is 3. The molecule has 1 aliphatic heterocycles. The van der Waals surface area contributed by atoms with Gasteiger partial charge in [0.1, 0.15) is 11.4 Å². The molecule has 0 saturated carbocycles. The Hall–Kier alpha value is -1.80. The molecule has 0 radical (unpaired) electrons. The van der Waals surface area contributed by atoms with Gasteiger partial charge in [-0.2, -0.15) is 4.31 Å². The molecule has 1 fully saturated rings. The number of carbonyl (C=O) groups excluding carboxylic acids is 1. The number of nitrogens with one attached hydrogen (secondary N) is 1. The number of sulfonamides is 1. The highest BCUT2D eigenvalue weighted by atomic mass is 32.2. The van der Waals surface area contributed by atoms with Gasteiger partial charge in [0.2, 0.25) is 10.0 Å². The van der Waals surface area contributed by atoms with Gasteiger partial charge >= 0.3 is 6.09 Å². The van der Waals surface area contributed by atoms with E-state index in [1.165, 1.54) is 22.5 Å². The van der Waals surface area contributed by atoms with Gasteiger partial charge in [0.15, 0.2) is 0 Å². The van der Waals surface area contributed by atoms with E-state index < -0.39 is 21.7 Å². The summed E-state index contributed by atoms with van der Waals surface area (Å²) in [5, 5.41) is 12.3. The lowest BCUT2D eigenvalue weighted by atomic mass is 10.2. The Balaban J connectivity index is 2.23. The van der Waals surface area contributed by atoms with Crippen LogP contribution in [0.2, 0.25) is 0 Å². The third kappa shape index (κ3) is 4.61. The predicted molar refractivity (Wildman–Crippen MR) is 90.6 cm³/mol. The summed E-state index contributed by atoms with van der Waals surface area (Å²) in [5.41, 5.74) is -0.695. The molecule has 0 spiro atoms. The average Bonchev–Trinajstić information content (AvgIpc) is 2.48. The van der Waals surface area contributed by atoms with Crippen molar-refractivity contribution in [2.45, 2.75) is 50.5 Å². The minimum absolute atomic E-state index is 0.00216. The minimum atomic E-state index is -3.64. The summed E-state index contributed by atoms with van der Waals surface area (Å²) >= 11 is 0. The van der Waals surface area contributed by atoms with Crippen LogP contribution in [0.15, 0.2) is 23.1 Å². The first kappa shape index (κ1) is 18.5. The maximum absolute atomic E-state index is 12.7. The lowest BCUT2D eigenvalue weighted by Crippen LogP contribution is -2.35. The van der Waals surface area contributed by atoms with Crippen LogP contribution in [0.3, 0.4) is 0 Å². The first-order valence-corrected chi connectivity index (χ1v) is 9.37. The molecule has 2 N–H and O–H groups in total. The van der Waals surface area contributed by atoms with Crippen LogP contribution in [0.1, 0.15) is 40.0 Å². The molecule has 1 saturated heterocycles. The summed E-state index contributed by atoms with van der Waals surface area (Å²) in [4.78, 5) is 11.9. The number of ether oxygens (including phenoxy) is 1. The van der Waals surface area contributed by atoms with Gasteiger partial charge in [0.25, 0.3) is 0 Å². The number of aromatic hydroxyl groups is 1. The highest BCUT2D eigenvalue weighted by molar-refractivity contribution is 7.89. The fourth-order valence-corrected chi connectivity index (χ4v) is 3.99. The second kappa shape index (κ2) is 6.98. The number of nitrogens with zero attached hydrogens (tertiary/aromatic N) is 1. The van der Waals surface area contributed by atoms with Crippen molar-refractivity contribution in [3.05, 3.63) is 18.2 Å². The standard InChI is InChI=1S/C16H24N2O5S/c1-16(2,3)23-15(20)17-13-11-12(7-8-14(13)19)24(21,22)18-9-5-4-6-10-18/h7-8,11,19H,4-6,9-10H2,1-3H3,(H,17,20). The lowest BCUT2D eigenvalue weighted by molar-refractivity contribution is 0.0635. The van der Waals surface area contributed by atoms with Crippen molar-refractivity contribution in [2.24, 2.45) is 0 Å². The smallest absolute Gasteiger partial charge is 0.412 e. The van der Waals surface area contributed by atoms with Crippen molar-refractivity contribution in [1.29, 1.82) is 0 Å². The van der Waals surface area contributed by atoms with Gasteiger partial charge in [-0.25, -0.2) is 13.2 Å². The zero-order chi connectivity index (χ0) is 18.0. The highest BCUT2D eigenvalue weighted by Crippen LogP contribution is 2.29. The first-order chi connectivity index (χ1) is 11.1. The normalized spacial score (nSPS) is 16.6. The summed E-state index contributed by atoms with van der Waals surface area (Å²) in [7, 11) is -3.64. The van der Waals surface area contributed by atoms with Gasteiger partial charge in [0.05, 0.1) is 10.6 Å². The molecule has 1 amide bonds. The van der Waals surface area contributed by atoms with Crippen molar-refractivity contribution in [3.63, 3.8) is 0 Å². The lowest BCUT2D eigenvalue weighted by Gasteiger charge is -2.26. The second-order valence-corrected chi connectivity index (χ2v) is 8.71. The molecule has 1 aliphatic rings. The molecule has 0 bridgehead atoms. The number of hydrogen-bond donors (Lipinski definition) is 2. The molecule has 7 nitrogen and oxygen atoms in total. The SMILES string of the molecule is CC(C)(C)OC(=O)Nc1cc(S(=O)(=O)N2CCCCC2)ccc1O. The summed E-state index contributed by atoms with van der Waals surface area (Å²) in [5.74, 6) is -0.224. The van der Waals surface area contributed by atoms with Gasteiger partial charge in [-0.05, 0) is 51.8 Å². The van der Waals surface area contributed by atoms with E-state index in [-0.39, 0.29) is 16.3 Å². The summed E-state index contributed by atoms with van der Waals surface area (Å²) in [6.07, 6.45) is 1.93. The van der Waals surface area contributed by atoms with Crippen LogP contribution in [0.25, 0.3) is 0 Å². The molecule has 0 atom stereocenters. The molecule has 0 aromatic heterocycles. The summed E-state index contributed by atoms with van der Waals surface area (Å²) in [6.45, 7) is 6.10. The second-order valence-electron chi connectivity index (χ2n) is 6.77. The van der Waals surface area contributed by atoms with Crippen LogP contribution in [0, 0.1) is 0 Å². The van der Waals surface area contributed by atoms with E-state index in [0.717, 1.165) is 19.3 Å². The number of phenolic OH excluding ortho intramolecular Hbond substituents is 1. The Morgan fingerprint density at radius 2 is 1.83 bits per heavy atom. The van der Waals surface area contributed by atoms with Crippen LogP contribution in [-0.2, 0) is 14.8 Å². The van der Waals surface area contributed by atoms with E-state index in [9.17, 15) is 18.3 Å². The molecule has 0 aliphatic carbocycles. The number of phenols is 1. The molecule has 24 heavy (non-hydrogen) atoms. The quantitative estimate of drug-likeness (QED) is 0.812. The van der Waals surface area contributed by atoms with Crippen LogP contribution < -0.4 is 5.32 Å². The van der Waals surface area contributed by atoms with Crippen molar-refractivity contribution < 1.29 is 23.1 Å². The number of benzene rings is 1. The van der Waals surface area contributed by atoms with Gasteiger partial charge in [-0.3, -0.25) is 5.32 Å². The molecule has 1 aromatic carbocycles. The van der Waals surface area contributed by atoms with Gasteiger partial charge in [0, 0.05) is 13.1 Å². The molecule has 134 valence electrons. The van der Waals surface area contributed by atoms with Crippen LogP contribution in [0.5, 0.6) is 5.75 Å². The molecule has 0 unspecified atom stereocenters. The molecule has 1 aromatic rings. The van der Waals surface area contributed by atoms with Crippen LogP contribution in [-0.4, -0.2) is 42.6 Å². The Kier molecular flexibility index (Phi) is 5.39. The number of piperidine rings is 1. The van der Waals surface area contributed by atoms with Crippen molar-refractivity contribution >= 4 is 21.8 Å². The molecule has 2 rings (SSSR count). The van der Waals surface area contributed by atoms with Crippen molar-refractivity contribution in [2.75, 3.05) is 18.4 Å². The zero-order valence-electron chi connectivity index (χ0n) is 14.2. The van der Waals surface area contributed by atoms with E-state index in [0.29, 0.717) is 13.1 Å². The van der Waals surface area contributed by atoms with E-state index in [4.69, 9.17) is 4.74 Å². The van der Waals surface area contributed by atoms with E-state index in [1.807, 2.05) is 0 Å². The zero-order valence-corrected chi connectivity index (χ0v) is 15.0. The number of anilines is 1. The number of amides is 1. The predicted octanol–water partition coefficient (Wildman–Crippen LogP) is 2.91. The first-order valence-electron chi connectivity index (χ1n) is 7.93. The van der Waals surface area contributed by atoms with Crippen LogP contribution >= 0.6 is 0 Å². The Morgan fingerprint density at radius 1 is 1.21 bits per heavy atom. The Morgan fingerprint density at radius 3 is 2.42 bits per heavy atom. The molecular formula is C16H24N2O5S. The van der Waals surface area contributed by atoms with Gasteiger partial charge in [-0.15, -0.1) is 0 Å². The summed E-state index contributed by atoms with van der Waals surface area (Å²) < 4.78 is 31.9. The van der Waals surface area contributed by atoms with Gasteiger partial charge < -0.3 is 9.84 Å². The molecule has 1 heterocycles. The third-order valence-corrected chi connectivity index (χ3v) is 5.45. The van der Waals surface area contributed by atoms with E-state index in [2.05, 4.69) is 5.32 Å². The minimum Gasteiger partial charge on any atom is -0.506 e. The number of hydrogen-bond acceptors (Lipinski definition) is 5. The molecule has 8 heteroatoms. The van der Waals surface area contributed by atoms with Gasteiger partial charge in [-0.1, -0.05) is 6.42 Å². The fraction of sp³-hybridized carbons (Fsp3) is 0.562. The van der Waals surface area contributed by atoms with Crippen molar-refractivity contribution in [3.8, 4) is 5.75 Å². The maximum atomic E-state index is 12.7. The third-order valence-electron chi connectivity index (χ3n) is 3.56. The van der Waals surface area contributed by atoms with E-state index in [1.54, 1.807) is 20.8 Å². The monoisotopic (exact) mass is 356 g/mol. The Labute approximate surface area is 142 Å². The Bertz CT molecular complexity index is 704. The van der Waals surface area contributed by atoms with Crippen molar-refractivity contribution in [1.82, 2.24) is 4.31 Å². The maximum Gasteiger partial charge on any atom is 0.412 e. The average molecular weight is 356 g/mol.